The zero-order valence-electron chi connectivity index (χ0n) is 9.38. The molecule has 0 atom stereocenters. The molecule has 0 saturated carbocycles. The zero-order valence-corrected chi connectivity index (χ0v) is 10.9. The van der Waals surface area contributed by atoms with E-state index in [9.17, 15) is 18.0 Å². The summed E-state index contributed by atoms with van der Waals surface area (Å²) in [4.78, 5) is 14.5. The van der Waals surface area contributed by atoms with Crippen LogP contribution in [0.4, 0.5) is 13.2 Å². The largest absolute Gasteiger partial charge is 0.480 e. The maximum absolute atomic E-state index is 12.4. The van der Waals surface area contributed by atoms with Crippen molar-refractivity contribution < 1.29 is 23.1 Å². The van der Waals surface area contributed by atoms with E-state index in [1.165, 1.54) is 13.8 Å². The summed E-state index contributed by atoms with van der Waals surface area (Å²) >= 11 is 6.46. The van der Waals surface area contributed by atoms with Gasteiger partial charge in [0.15, 0.2) is 0 Å². The SMILES string of the molecule is CC(C)(Sc1ncc(C(F)(F)F)cc1Cl)C(=O)O. The minimum Gasteiger partial charge on any atom is -0.480 e. The smallest absolute Gasteiger partial charge is 0.417 e. The second kappa shape index (κ2) is 4.97. The normalized spacial score (nSPS) is 12.6. The highest BCUT2D eigenvalue weighted by Crippen LogP contribution is 2.38. The van der Waals surface area contributed by atoms with E-state index in [0.717, 1.165) is 17.8 Å². The number of carboxylic acid groups (broad SMARTS) is 1. The maximum Gasteiger partial charge on any atom is 0.417 e. The van der Waals surface area contributed by atoms with Crippen molar-refractivity contribution in [3.8, 4) is 0 Å². The summed E-state index contributed by atoms with van der Waals surface area (Å²) in [7, 11) is 0. The molecule has 0 aliphatic rings. The lowest BCUT2D eigenvalue weighted by atomic mass is 10.2. The van der Waals surface area contributed by atoms with Gasteiger partial charge in [-0.2, -0.15) is 13.2 Å². The predicted octanol–water partition coefficient (Wildman–Crippen LogP) is 3.71. The average Bonchev–Trinajstić information content (AvgIpc) is 2.19. The van der Waals surface area contributed by atoms with Crippen LogP contribution in [0.1, 0.15) is 19.4 Å². The van der Waals surface area contributed by atoms with Crippen LogP contribution in [0.5, 0.6) is 0 Å². The molecule has 3 nitrogen and oxygen atoms in total. The standard InChI is InChI=1S/C10H9ClF3NO2S/c1-9(2,8(16)17)18-7-6(11)3-5(4-15-7)10(12,13)14/h3-4H,1-2H3,(H,16,17). The second-order valence-corrected chi connectivity index (χ2v) is 5.94. The Morgan fingerprint density at radius 2 is 2.00 bits per heavy atom. The molecule has 1 rings (SSSR count). The Kier molecular flexibility index (Phi) is 4.17. The van der Waals surface area contributed by atoms with E-state index in [-0.39, 0.29) is 10.0 Å². The predicted molar refractivity (Wildman–Crippen MR) is 61.8 cm³/mol. The van der Waals surface area contributed by atoms with Crippen molar-refractivity contribution in [2.45, 2.75) is 29.8 Å². The number of aliphatic carboxylic acids is 1. The lowest BCUT2D eigenvalue weighted by Gasteiger charge is -2.18. The number of hydrogen-bond acceptors (Lipinski definition) is 3. The van der Waals surface area contributed by atoms with Gasteiger partial charge in [-0.05, 0) is 19.9 Å². The van der Waals surface area contributed by atoms with Crippen molar-refractivity contribution in [2.75, 3.05) is 0 Å². The van der Waals surface area contributed by atoms with Gasteiger partial charge in [-0.3, -0.25) is 4.79 Å². The Labute approximate surface area is 110 Å². The third-order valence-corrected chi connectivity index (χ3v) is 3.61. The molecule has 0 spiro atoms. The fourth-order valence-corrected chi connectivity index (χ4v) is 2.06. The van der Waals surface area contributed by atoms with Gasteiger partial charge in [-0.1, -0.05) is 23.4 Å². The van der Waals surface area contributed by atoms with E-state index in [2.05, 4.69) is 4.98 Å². The molecule has 0 unspecified atom stereocenters. The fourth-order valence-electron chi connectivity index (χ4n) is 0.941. The fraction of sp³-hybridized carbons (Fsp3) is 0.400. The zero-order chi connectivity index (χ0) is 14.1. The quantitative estimate of drug-likeness (QED) is 0.865. The van der Waals surface area contributed by atoms with Crippen LogP contribution in [0, 0.1) is 0 Å². The monoisotopic (exact) mass is 299 g/mol. The third-order valence-electron chi connectivity index (χ3n) is 2.00. The summed E-state index contributed by atoms with van der Waals surface area (Å²) in [6.45, 7) is 2.82. The highest BCUT2D eigenvalue weighted by Gasteiger charge is 2.33. The van der Waals surface area contributed by atoms with Crippen molar-refractivity contribution in [3.63, 3.8) is 0 Å². The van der Waals surface area contributed by atoms with Gasteiger partial charge in [-0.15, -0.1) is 0 Å². The molecule has 0 aromatic carbocycles. The molecule has 100 valence electrons. The molecule has 0 aliphatic carbocycles. The number of thioether (sulfide) groups is 1. The molecule has 1 heterocycles. The molecular formula is C10H9ClF3NO2S. The number of pyridine rings is 1. The summed E-state index contributed by atoms with van der Waals surface area (Å²) < 4.78 is 35.9. The van der Waals surface area contributed by atoms with Crippen molar-refractivity contribution in [2.24, 2.45) is 0 Å². The third kappa shape index (κ3) is 3.52. The number of carboxylic acids is 1. The molecule has 0 aliphatic heterocycles. The van der Waals surface area contributed by atoms with Crippen molar-refractivity contribution in [1.82, 2.24) is 4.98 Å². The first-order valence-electron chi connectivity index (χ1n) is 4.69. The number of nitrogens with zero attached hydrogens (tertiary/aromatic N) is 1. The van der Waals surface area contributed by atoms with Gasteiger partial charge in [0.25, 0.3) is 0 Å². The highest BCUT2D eigenvalue weighted by molar-refractivity contribution is 8.01. The average molecular weight is 300 g/mol. The number of carbonyl (C=O) groups is 1. The van der Waals surface area contributed by atoms with Gasteiger partial charge in [0.05, 0.1) is 10.6 Å². The topological polar surface area (TPSA) is 50.2 Å². The summed E-state index contributed by atoms with van der Waals surface area (Å²) in [6.07, 6.45) is -3.89. The molecule has 0 saturated heterocycles. The van der Waals surface area contributed by atoms with E-state index in [1.54, 1.807) is 0 Å². The van der Waals surface area contributed by atoms with Crippen molar-refractivity contribution in [1.29, 1.82) is 0 Å². The number of hydrogen-bond donors (Lipinski definition) is 1. The highest BCUT2D eigenvalue weighted by atomic mass is 35.5. The van der Waals surface area contributed by atoms with Gasteiger partial charge >= 0.3 is 12.1 Å². The minimum atomic E-state index is -4.53. The van der Waals surface area contributed by atoms with Crippen LogP contribution in [-0.4, -0.2) is 20.8 Å². The van der Waals surface area contributed by atoms with Crippen LogP contribution in [0.15, 0.2) is 17.3 Å². The number of aromatic nitrogens is 1. The minimum absolute atomic E-state index is 0.0528. The molecule has 0 amide bonds. The van der Waals surface area contributed by atoms with Crippen LogP contribution >= 0.6 is 23.4 Å². The van der Waals surface area contributed by atoms with Gasteiger partial charge in [0.1, 0.15) is 9.77 Å². The molecule has 0 bridgehead atoms. The number of rotatable bonds is 3. The van der Waals surface area contributed by atoms with Crippen LogP contribution < -0.4 is 0 Å². The Bertz CT molecular complexity index is 477. The molecule has 8 heteroatoms. The van der Waals surface area contributed by atoms with E-state index in [4.69, 9.17) is 16.7 Å². The Balaban J connectivity index is 3.04. The van der Waals surface area contributed by atoms with Gasteiger partial charge in [-0.25, -0.2) is 4.98 Å². The maximum atomic E-state index is 12.4. The summed E-state index contributed by atoms with van der Waals surface area (Å²) in [6, 6.07) is 0.731. The first kappa shape index (κ1) is 15.1. The van der Waals surface area contributed by atoms with Crippen molar-refractivity contribution >= 4 is 29.3 Å². The molecule has 1 aromatic rings. The van der Waals surface area contributed by atoms with E-state index in [0.29, 0.717) is 6.20 Å². The van der Waals surface area contributed by atoms with Crippen LogP contribution in [0.3, 0.4) is 0 Å². The summed E-state index contributed by atoms with van der Waals surface area (Å²) in [5, 5.41) is 8.74. The van der Waals surface area contributed by atoms with Gasteiger partial charge < -0.3 is 5.11 Å². The summed E-state index contributed by atoms with van der Waals surface area (Å²) in [5.74, 6) is -1.11. The van der Waals surface area contributed by atoms with Crippen molar-refractivity contribution in [3.05, 3.63) is 22.8 Å². The Morgan fingerprint density at radius 1 is 1.44 bits per heavy atom. The van der Waals surface area contributed by atoms with Crippen LogP contribution in [0.2, 0.25) is 5.02 Å². The first-order chi connectivity index (χ1) is 8.04. The van der Waals surface area contributed by atoms with Crippen LogP contribution in [-0.2, 0) is 11.0 Å². The molecular weight excluding hydrogens is 291 g/mol. The second-order valence-electron chi connectivity index (χ2n) is 3.93. The lowest BCUT2D eigenvalue weighted by Crippen LogP contribution is -2.27. The van der Waals surface area contributed by atoms with E-state index in [1.807, 2.05) is 0 Å². The van der Waals surface area contributed by atoms with E-state index >= 15 is 0 Å². The number of alkyl halides is 3. The lowest BCUT2D eigenvalue weighted by molar-refractivity contribution is -0.139. The molecule has 0 radical (unpaired) electrons. The van der Waals surface area contributed by atoms with Gasteiger partial charge in [0.2, 0.25) is 0 Å². The van der Waals surface area contributed by atoms with E-state index < -0.39 is 22.5 Å². The summed E-state index contributed by atoms with van der Waals surface area (Å²) in [5.41, 5.74) is -0.968. The Morgan fingerprint density at radius 3 is 2.39 bits per heavy atom. The molecule has 0 fully saturated rings. The molecule has 1 aromatic heterocycles. The van der Waals surface area contributed by atoms with Crippen LogP contribution in [0.25, 0.3) is 0 Å². The number of halogens is 4. The molecule has 18 heavy (non-hydrogen) atoms. The first-order valence-corrected chi connectivity index (χ1v) is 5.88. The molecule has 1 N–H and O–H groups in total. The van der Waals surface area contributed by atoms with Gasteiger partial charge in [0, 0.05) is 6.20 Å². The Hall–Kier alpha value is -0.950.